The number of hydrogen-bond donors (Lipinski definition) is 1. The summed E-state index contributed by atoms with van der Waals surface area (Å²) in [6.45, 7) is 4.01. The molecule has 0 aliphatic carbocycles. The molecule has 0 aliphatic rings. The van der Waals surface area contributed by atoms with Crippen molar-refractivity contribution in [1.82, 2.24) is 10.5 Å². The van der Waals surface area contributed by atoms with E-state index in [0.29, 0.717) is 12.1 Å². The first-order valence-electron chi connectivity index (χ1n) is 5.67. The highest BCUT2D eigenvalue weighted by molar-refractivity contribution is 5.22. The van der Waals surface area contributed by atoms with Crippen LogP contribution in [0.1, 0.15) is 30.0 Å². The van der Waals surface area contributed by atoms with E-state index in [1.165, 1.54) is 6.07 Å². The van der Waals surface area contributed by atoms with Gasteiger partial charge in [0.15, 0.2) is 11.6 Å². The number of nitrogens with one attached hydrogen (secondary N) is 1. The lowest BCUT2D eigenvalue weighted by Crippen LogP contribution is -2.19. The molecule has 3 nitrogen and oxygen atoms in total. The monoisotopic (exact) mass is 252 g/mol. The van der Waals surface area contributed by atoms with Crippen molar-refractivity contribution >= 4 is 0 Å². The van der Waals surface area contributed by atoms with Crippen LogP contribution >= 0.6 is 0 Å². The predicted molar refractivity (Wildman–Crippen MR) is 62.9 cm³/mol. The van der Waals surface area contributed by atoms with Crippen molar-refractivity contribution in [1.29, 1.82) is 0 Å². The molecular weight excluding hydrogens is 238 g/mol. The Hall–Kier alpha value is -1.75. The van der Waals surface area contributed by atoms with E-state index in [-0.39, 0.29) is 6.04 Å². The number of hydrogen-bond acceptors (Lipinski definition) is 3. The second-order valence-electron chi connectivity index (χ2n) is 4.17. The topological polar surface area (TPSA) is 38.1 Å². The molecule has 0 amide bonds. The van der Waals surface area contributed by atoms with Crippen molar-refractivity contribution in [3.63, 3.8) is 0 Å². The van der Waals surface area contributed by atoms with Gasteiger partial charge >= 0.3 is 0 Å². The van der Waals surface area contributed by atoms with Crippen LogP contribution in [0.4, 0.5) is 8.78 Å². The van der Waals surface area contributed by atoms with E-state index >= 15 is 0 Å². The van der Waals surface area contributed by atoms with Crippen LogP contribution in [-0.4, -0.2) is 5.16 Å². The number of rotatable bonds is 4. The molecule has 5 heteroatoms. The fraction of sp³-hybridized carbons (Fsp3) is 0.308. The molecular formula is C13H14F2N2O. The van der Waals surface area contributed by atoms with Gasteiger partial charge in [-0.1, -0.05) is 17.3 Å². The fourth-order valence-electron chi connectivity index (χ4n) is 1.72. The minimum Gasteiger partial charge on any atom is -0.361 e. The summed E-state index contributed by atoms with van der Waals surface area (Å²) in [5.74, 6) is -0.927. The second-order valence-corrected chi connectivity index (χ2v) is 4.17. The van der Waals surface area contributed by atoms with E-state index in [1.807, 2.05) is 0 Å². The molecule has 1 N–H and O–H groups in total. The average molecular weight is 252 g/mol. The van der Waals surface area contributed by atoms with Crippen LogP contribution in [0.15, 0.2) is 28.8 Å². The first kappa shape index (κ1) is 12.7. The standard InChI is InChI=1S/C13H14F2N2O/c1-8-6-10(17-18-8)7-16-9(2)11-4-3-5-12(14)13(11)15/h3-6,9,16H,7H2,1-2H3. The van der Waals surface area contributed by atoms with Gasteiger partial charge in [-0.2, -0.15) is 0 Å². The lowest BCUT2D eigenvalue weighted by atomic mass is 10.1. The van der Waals surface area contributed by atoms with E-state index in [2.05, 4.69) is 10.5 Å². The Balaban J connectivity index is 2.03. The molecule has 1 aromatic carbocycles. The van der Waals surface area contributed by atoms with Gasteiger partial charge in [-0.15, -0.1) is 0 Å². The van der Waals surface area contributed by atoms with Crippen LogP contribution in [0.2, 0.25) is 0 Å². The van der Waals surface area contributed by atoms with Gasteiger partial charge in [0.05, 0.1) is 5.69 Å². The maximum Gasteiger partial charge on any atom is 0.163 e. The first-order valence-corrected chi connectivity index (χ1v) is 5.67. The molecule has 0 saturated carbocycles. The molecule has 1 atom stereocenters. The van der Waals surface area contributed by atoms with Crippen LogP contribution in [-0.2, 0) is 6.54 Å². The van der Waals surface area contributed by atoms with Crippen molar-refractivity contribution in [2.24, 2.45) is 0 Å². The zero-order chi connectivity index (χ0) is 13.1. The molecule has 0 fully saturated rings. The lowest BCUT2D eigenvalue weighted by molar-refractivity contribution is 0.385. The number of aryl methyl sites for hydroxylation is 1. The minimum atomic E-state index is -0.835. The molecule has 0 radical (unpaired) electrons. The number of aromatic nitrogens is 1. The molecule has 2 rings (SSSR count). The Labute approximate surface area is 104 Å². The molecule has 0 saturated heterocycles. The number of halogens is 2. The molecule has 2 aromatic rings. The molecule has 1 heterocycles. The Morgan fingerprint density at radius 2 is 2.17 bits per heavy atom. The van der Waals surface area contributed by atoms with Gasteiger partial charge in [-0.25, -0.2) is 8.78 Å². The second kappa shape index (κ2) is 5.27. The molecule has 96 valence electrons. The van der Waals surface area contributed by atoms with Gasteiger partial charge in [-0.05, 0) is 19.9 Å². The molecule has 0 spiro atoms. The van der Waals surface area contributed by atoms with Gasteiger partial charge in [0, 0.05) is 24.2 Å². The summed E-state index contributed by atoms with van der Waals surface area (Å²) in [6, 6.07) is 5.64. The molecule has 0 aliphatic heterocycles. The SMILES string of the molecule is Cc1cc(CNC(C)c2cccc(F)c2F)no1. The van der Waals surface area contributed by atoms with Gasteiger partial charge in [0.25, 0.3) is 0 Å². The van der Waals surface area contributed by atoms with Crippen LogP contribution in [0.25, 0.3) is 0 Å². The third kappa shape index (κ3) is 2.73. The molecule has 18 heavy (non-hydrogen) atoms. The van der Waals surface area contributed by atoms with Crippen LogP contribution < -0.4 is 5.32 Å². The van der Waals surface area contributed by atoms with Crippen LogP contribution in [0.5, 0.6) is 0 Å². The van der Waals surface area contributed by atoms with Gasteiger partial charge < -0.3 is 9.84 Å². The predicted octanol–water partition coefficient (Wildman–Crippen LogP) is 3.11. The van der Waals surface area contributed by atoms with Crippen molar-refractivity contribution in [3.05, 3.63) is 52.9 Å². The highest BCUT2D eigenvalue weighted by Crippen LogP contribution is 2.19. The Morgan fingerprint density at radius 1 is 1.39 bits per heavy atom. The highest BCUT2D eigenvalue weighted by atomic mass is 19.2. The maximum absolute atomic E-state index is 13.5. The first-order chi connectivity index (χ1) is 8.58. The van der Waals surface area contributed by atoms with Crippen molar-refractivity contribution in [2.45, 2.75) is 26.4 Å². The van der Waals surface area contributed by atoms with Gasteiger partial charge in [0.2, 0.25) is 0 Å². The van der Waals surface area contributed by atoms with E-state index in [0.717, 1.165) is 17.5 Å². The summed E-state index contributed by atoms with van der Waals surface area (Å²) in [4.78, 5) is 0. The third-order valence-electron chi connectivity index (χ3n) is 2.71. The fourth-order valence-corrected chi connectivity index (χ4v) is 1.72. The van der Waals surface area contributed by atoms with Gasteiger partial charge in [-0.3, -0.25) is 0 Å². The summed E-state index contributed by atoms with van der Waals surface area (Å²) in [5, 5.41) is 6.88. The normalized spacial score (nSPS) is 12.7. The lowest BCUT2D eigenvalue weighted by Gasteiger charge is -2.14. The average Bonchev–Trinajstić information content (AvgIpc) is 2.76. The largest absolute Gasteiger partial charge is 0.361 e. The third-order valence-corrected chi connectivity index (χ3v) is 2.71. The number of benzene rings is 1. The summed E-state index contributed by atoms with van der Waals surface area (Å²) in [6.07, 6.45) is 0. The Bertz CT molecular complexity index is 540. The summed E-state index contributed by atoms with van der Waals surface area (Å²) < 4.78 is 31.5. The highest BCUT2D eigenvalue weighted by Gasteiger charge is 2.14. The van der Waals surface area contributed by atoms with E-state index in [4.69, 9.17) is 4.52 Å². The Morgan fingerprint density at radius 3 is 2.83 bits per heavy atom. The Kier molecular flexibility index (Phi) is 3.72. The van der Waals surface area contributed by atoms with Crippen LogP contribution in [0.3, 0.4) is 0 Å². The van der Waals surface area contributed by atoms with E-state index in [1.54, 1.807) is 26.0 Å². The minimum absolute atomic E-state index is 0.301. The smallest absolute Gasteiger partial charge is 0.163 e. The van der Waals surface area contributed by atoms with Gasteiger partial charge in [0.1, 0.15) is 5.76 Å². The molecule has 0 bridgehead atoms. The van der Waals surface area contributed by atoms with E-state index < -0.39 is 11.6 Å². The maximum atomic E-state index is 13.5. The molecule has 1 aromatic heterocycles. The summed E-state index contributed by atoms with van der Waals surface area (Å²) in [7, 11) is 0. The number of nitrogens with zero attached hydrogens (tertiary/aromatic N) is 1. The van der Waals surface area contributed by atoms with Crippen LogP contribution in [0, 0.1) is 18.6 Å². The summed E-state index contributed by atoms with van der Waals surface area (Å²) in [5.41, 5.74) is 1.03. The van der Waals surface area contributed by atoms with Crippen molar-refractivity contribution in [2.75, 3.05) is 0 Å². The zero-order valence-electron chi connectivity index (χ0n) is 10.2. The quantitative estimate of drug-likeness (QED) is 0.908. The summed E-state index contributed by atoms with van der Waals surface area (Å²) >= 11 is 0. The van der Waals surface area contributed by atoms with Crippen molar-refractivity contribution < 1.29 is 13.3 Å². The molecule has 1 unspecified atom stereocenters. The zero-order valence-corrected chi connectivity index (χ0v) is 10.2. The van der Waals surface area contributed by atoms with E-state index in [9.17, 15) is 8.78 Å². The van der Waals surface area contributed by atoms with Crippen molar-refractivity contribution in [3.8, 4) is 0 Å².